The first-order chi connectivity index (χ1) is 6.35. The molecule has 0 heterocycles. The second-order valence-electron chi connectivity index (χ2n) is 3.28. The maximum Gasteiger partial charge on any atom is 0.328 e. The van der Waals surface area contributed by atoms with Gasteiger partial charge >= 0.3 is 5.97 Å². The normalized spacial score (nSPS) is 14.7. The topological polar surface area (TPSA) is 110 Å². The lowest BCUT2D eigenvalue weighted by Crippen LogP contribution is -2.41. The van der Waals surface area contributed by atoms with Crippen LogP contribution in [-0.2, 0) is 10.3 Å². The molecule has 0 saturated carbocycles. The molecule has 76 valence electrons. The van der Waals surface area contributed by atoms with Crippen molar-refractivity contribution in [2.75, 3.05) is 5.73 Å². The average Bonchev–Trinajstić information content (AvgIpc) is 2.09. The van der Waals surface area contributed by atoms with E-state index in [1.54, 1.807) is 0 Å². The first kappa shape index (κ1) is 10.3. The van der Waals surface area contributed by atoms with Crippen molar-refractivity contribution in [3.63, 3.8) is 0 Å². The van der Waals surface area contributed by atoms with Gasteiger partial charge in [0.05, 0.1) is 5.69 Å². The third-order valence-corrected chi connectivity index (χ3v) is 2.07. The third kappa shape index (κ3) is 1.62. The Hall–Kier alpha value is -1.75. The van der Waals surface area contributed by atoms with E-state index in [9.17, 15) is 4.79 Å². The summed E-state index contributed by atoms with van der Waals surface area (Å²) in [4.78, 5) is 10.8. The van der Waals surface area contributed by atoms with Gasteiger partial charge in [0.1, 0.15) is 11.3 Å². The zero-order valence-corrected chi connectivity index (χ0v) is 7.69. The first-order valence-corrected chi connectivity index (χ1v) is 3.97. The Morgan fingerprint density at radius 3 is 2.50 bits per heavy atom. The maximum atomic E-state index is 10.8. The van der Waals surface area contributed by atoms with E-state index in [-0.39, 0.29) is 11.4 Å². The highest BCUT2D eigenvalue weighted by Gasteiger charge is 2.30. The van der Waals surface area contributed by atoms with E-state index in [1.165, 1.54) is 25.1 Å². The molecule has 6 N–H and O–H groups in total. The van der Waals surface area contributed by atoms with Crippen molar-refractivity contribution < 1.29 is 15.0 Å². The fraction of sp³-hybridized carbons (Fsp3) is 0.222. The smallest absolute Gasteiger partial charge is 0.328 e. The van der Waals surface area contributed by atoms with Crippen LogP contribution in [0, 0.1) is 0 Å². The van der Waals surface area contributed by atoms with Crippen LogP contribution < -0.4 is 11.5 Å². The molecule has 5 heteroatoms. The second kappa shape index (κ2) is 3.19. The minimum Gasteiger partial charge on any atom is -0.506 e. The van der Waals surface area contributed by atoms with Gasteiger partial charge in [0, 0.05) is 0 Å². The second-order valence-corrected chi connectivity index (χ2v) is 3.28. The lowest BCUT2D eigenvalue weighted by Gasteiger charge is -2.20. The fourth-order valence-corrected chi connectivity index (χ4v) is 1.00. The van der Waals surface area contributed by atoms with Crippen LogP contribution >= 0.6 is 0 Å². The largest absolute Gasteiger partial charge is 0.506 e. The van der Waals surface area contributed by atoms with Gasteiger partial charge in [0.15, 0.2) is 0 Å². The quantitative estimate of drug-likeness (QED) is 0.400. The lowest BCUT2D eigenvalue weighted by atomic mass is 9.93. The average molecular weight is 196 g/mol. The molecule has 1 rings (SSSR count). The van der Waals surface area contributed by atoms with Crippen molar-refractivity contribution in [2.45, 2.75) is 12.5 Å². The standard InChI is InChI=1S/C9H12N2O3/c1-9(11,8(13)14)5-2-3-7(12)6(10)4-5/h2-4,12H,10-11H2,1H3,(H,13,14)/t9-/m0/s1. The van der Waals surface area contributed by atoms with Crippen LogP contribution in [0.25, 0.3) is 0 Å². The van der Waals surface area contributed by atoms with Crippen LogP contribution in [-0.4, -0.2) is 16.2 Å². The summed E-state index contributed by atoms with van der Waals surface area (Å²) >= 11 is 0. The van der Waals surface area contributed by atoms with Crippen LogP contribution in [0.2, 0.25) is 0 Å². The highest BCUT2D eigenvalue weighted by molar-refractivity contribution is 5.80. The van der Waals surface area contributed by atoms with Crippen molar-refractivity contribution >= 4 is 11.7 Å². The van der Waals surface area contributed by atoms with Crippen LogP contribution in [0.15, 0.2) is 18.2 Å². The van der Waals surface area contributed by atoms with Gasteiger partial charge < -0.3 is 21.7 Å². The summed E-state index contributed by atoms with van der Waals surface area (Å²) in [6.45, 7) is 1.36. The number of anilines is 1. The number of aliphatic carboxylic acids is 1. The van der Waals surface area contributed by atoms with Crippen molar-refractivity contribution in [3.8, 4) is 5.75 Å². The van der Waals surface area contributed by atoms with E-state index < -0.39 is 11.5 Å². The van der Waals surface area contributed by atoms with Gasteiger partial charge in [-0.2, -0.15) is 0 Å². The molecule has 0 spiro atoms. The summed E-state index contributed by atoms with van der Waals surface area (Å²) in [5.41, 5.74) is 9.94. The monoisotopic (exact) mass is 196 g/mol. The summed E-state index contributed by atoms with van der Waals surface area (Å²) in [6, 6.07) is 4.10. The fourth-order valence-electron chi connectivity index (χ4n) is 1.00. The molecule has 0 aliphatic rings. The molecule has 5 nitrogen and oxygen atoms in total. The Labute approximate surface area is 81.0 Å². The number of hydrogen-bond donors (Lipinski definition) is 4. The summed E-state index contributed by atoms with van der Waals surface area (Å²) in [7, 11) is 0. The summed E-state index contributed by atoms with van der Waals surface area (Å²) in [5.74, 6) is -1.24. The molecule has 0 aliphatic heterocycles. The number of benzene rings is 1. The molecule has 0 aromatic heterocycles. The van der Waals surface area contributed by atoms with E-state index in [1.807, 2.05) is 0 Å². The van der Waals surface area contributed by atoms with Crippen molar-refractivity contribution in [2.24, 2.45) is 5.73 Å². The Bertz CT molecular complexity index is 374. The van der Waals surface area contributed by atoms with Crippen molar-refractivity contribution in [3.05, 3.63) is 23.8 Å². The summed E-state index contributed by atoms with van der Waals surface area (Å²) in [5, 5.41) is 18.0. The van der Waals surface area contributed by atoms with Gasteiger partial charge in [0.25, 0.3) is 0 Å². The number of carboxylic acids is 1. The van der Waals surface area contributed by atoms with E-state index in [0.717, 1.165) is 0 Å². The third-order valence-electron chi connectivity index (χ3n) is 2.07. The number of rotatable bonds is 2. The molecule has 0 unspecified atom stereocenters. The van der Waals surface area contributed by atoms with E-state index >= 15 is 0 Å². The Morgan fingerprint density at radius 2 is 2.07 bits per heavy atom. The number of carbonyl (C=O) groups is 1. The lowest BCUT2D eigenvalue weighted by molar-refractivity contribution is -0.143. The number of phenols is 1. The summed E-state index contributed by atoms with van der Waals surface area (Å²) < 4.78 is 0. The Balaban J connectivity index is 3.21. The van der Waals surface area contributed by atoms with Crippen LogP contribution in [0.1, 0.15) is 12.5 Å². The molecule has 0 aliphatic carbocycles. The Kier molecular flexibility index (Phi) is 2.35. The highest BCUT2D eigenvalue weighted by atomic mass is 16.4. The molecule has 1 aromatic rings. The minimum absolute atomic E-state index is 0.0880. The van der Waals surface area contributed by atoms with Gasteiger partial charge in [-0.1, -0.05) is 6.07 Å². The molecule has 0 radical (unpaired) electrons. The number of hydrogen-bond acceptors (Lipinski definition) is 4. The van der Waals surface area contributed by atoms with Gasteiger partial charge in [-0.05, 0) is 24.6 Å². The van der Waals surface area contributed by atoms with E-state index in [2.05, 4.69) is 0 Å². The molecule has 0 saturated heterocycles. The zero-order valence-electron chi connectivity index (χ0n) is 7.69. The van der Waals surface area contributed by atoms with Gasteiger partial charge in [-0.3, -0.25) is 0 Å². The molecule has 14 heavy (non-hydrogen) atoms. The van der Waals surface area contributed by atoms with Gasteiger partial charge in [-0.15, -0.1) is 0 Å². The maximum absolute atomic E-state index is 10.8. The number of nitrogens with two attached hydrogens (primary N) is 2. The predicted octanol–water partition coefficient (Wildman–Crippen LogP) is 0.233. The number of carboxylic acid groups (broad SMARTS) is 1. The van der Waals surface area contributed by atoms with Crippen molar-refractivity contribution in [1.29, 1.82) is 0 Å². The van der Waals surface area contributed by atoms with Crippen LogP contribution in [0.5, 0.6) is 5.75 Å². The Morgan fingerprint density at radius 1 is 1.50 bits per heavy atom. The molecular weight excluding hydrogens is 184 g/mol. The predicted molar refractivity (Wildman–Crippen MR) is 51.7 cm³/mol. The molecule has 1 aromatic carbocycles. The molecule has 0 amide bonds. The number of aromatic hydroxyl groups is 1. The molecule has 0 bridgehead atoms. The first-order valence-electron chi connectivity index (χ1n) is 3.97. The molecule has 1 atom stereocenters. The zero-order chi connectivity index (χ0) is 10.9. The van der Waals surface area contributed by atoms with Crippen LogP contribution in [0.3, 0.4) is 0 Å². The molecular formula is C9H12N2O3. The minimum atomic E-state index is -1.50. The van der Waals surface area contributed by atoms with E-state index in [4.69, 9.17) is 21.7 Å². The van der Waals surface area contributed by atoms with E-state index in [0.29, 0.717) is 5.56 Å². The highest BCUT2D eigenvalue weighted by Crippen LogP contribution is 2.26. The van der Waals surface area contributed by atoms with Crippen LogP contribution in [0.4, 0.5) is 5.69 Å². The number of nitrogen functional groups attached to an aromatic ring is 1. The van der Waals surface area contributed by atoms with Gasteiger partial charge in [-0.25, -0.2) is 4.79 Å². The molecule has 0 fully saturated rings. The summed E-state index contributed by atoms with van der Waals surface area (Å²) in [6.07, 6.45) is 0. The number of phenolic OH excluding ortho intramolecular Hbond substituents is 1. The van der Waals surface area contributed by atoms with Crippen molar-refractivity contribution in [1.82, 2.24) is 0 Å². The van der Waals surface area contributed by atoms with Gasteiger partial charge in [0.2, 0.25) is 0 Å². The SMILES string of the molecule is C[C@@](N)(C(=O)O)c1ccc(O)c(N)c1.